The van der Waals surface area contributed by atoms with Crippen molar-refractivity contribution in [3.63, 3.8) is 0 Å². The summed E-state index contributed by atoms with van der Waals surface area (Å²) in [6, 6.07) is 7.87. The molecule has 1 rings (SSSR count). The summed E-state index contributed by atoms with van der Waals surface area (Å²) in [6.45, 7) is 2.61. The van der Waals surface area contributed by atoms with E-state index in [1.165, 1.54) is 19.9 Å². The number of carboxylic acid groups (broad SMARTS) is 1. The van der Waals surface area contributed by atoms with Gasteiger partial charge < -0.3 is 15.7 Å². The molecule has 20 heavy (non-hydrogen) atoms. The van der Waals surface area contributed by atoms with E-state index in [-0.39, 0.29) is 5.70 Å². The lowest BCUT2D eigenvalue weighted by atomic mass is 10.2. The van der Waals surface area contributed by atoms with Crippen LogP contribution < -0.4 is 10.6 Å². The van der Waals surface area contributed by atoms with Crippen LogP contribution in [0.5, 0.6) is 0 Å². The Hall–Kier alpha value is -2.63. The van der Waals surface area contributed by atoms with E-state index in [4.69, 9.17) is 5.11 Å². The zero-order valence-corrected chi connectivity index (χ0v) is 11.2. The largest absolute Gasteiger partial charge is 0.480 e. The summed E-state index contributed by atoms with van der Waals surface area (Å²) < 4.78 is 0. The first-order valence-corrected chi connectivity index (χ1v) is 5.98. The molecule has 6 nitrogen and oxygen atoms in total. The van der Waals surface area contributed by atoms with E-state index in [0.717, 1.165) is 5.56 Å². The number of hydrogen-bond donors (Lipinski definition) is 3. The molecule has 106 valence electrons. The fraction of sp³-hybridized carbons (Fsp3) is 0.214. The van der Waals surface area contributed by atoms with Crippen LogP contribution in [0.2, 0.25) is 0 Å². The van der Waals surface area contributed by atoms with E-state index in [1.807, 2.05) is 6.07 Å². The van der Waals surface area contributed by atoms with Crippen LogP contribution in [0.15, 0.2) is 36.0 Å². The molecular formula is C14H16N2O4. The van der Waals surface area contributed by atoms with Crippen LogP contribution in [-0.4, -0.2) is 28.9 Å². The molecule has 0 fully saturated rings. The molecule has 0 unspecified atom stereocenters. The topological polar surface area (TPSA) is 95.5 Å². The molecule has 0 aliphatic heterocycles. The van der Waals surface area contributed by atoms with Crippen molar-refractivity contribution in [3.8, 4) is 0 Å². The fourth-order valence-electron chi connectivity index (χ4n) is 1.40. The Morgan fingerprint density at radius 1 is 1.20 bits per heavy atom. The SMILES string of the molecule is CC(=O)N/C(=C/c1ccccc1)C(=O)N[C@H](C)C(=O)O. The molecule has 6 heteroatoms. The van der Waals surface area contributed by atoms with E-state index in [9.17, 15) is 14.4 Å². The van der Waals surface area contributed by atoms with Gasteiger partial charge in [0.05, 0.1) is 0 Å². The number of hydrogen-bond acceptors (Lipinski definition) is 3. The van der Waals surface area contributed by atoms with Gasteiger partial charge in [-0.25, -0.2) is 0 Å². The maximum Gasteiger partial charge on any atom is 0.325 e. The lowest BCUT2D eigenvalue weighted by Crippen LogP contribution is -2.42. The fourth-order valence-corrected chi connectivity index (χ4v) is 1.40. The van der Waals surface area contributed by atoms with Crippen molar-refractivity contribution in [2.45, 2.75) is 19.9 Å². The van der Waals surface area contributed by atoms with Crippen molar-refractivity contribution in [3.05, 3.63) is 41.6 Å². The lowest BCUT2D eigenvalue weighted by molar-refractivity contribution is -0.140. The van der Waals surface area contributed by atoms with Crippen LogP contribution in [0, 0.1) is 0 Å². The zero-order chi connectivity index (χ0) is 15.1. The smallest absolute Gasteiger partial charge is 0.325 e. The number of carbonyl (C=O) groups is 3. The number of amides is 2. The Morgan fingerprint density at radius 2 is 1.80 bits per heavy atom. The number of nitrogens with one attached hydrogen (secondary N) is 2. The van der Waals surface area contributed by atoms with Gasteiger partial charge >= 0.3 is 5.97 Å². The van der Waals surface area contributed by atoms with Crippen molar-refractivity contribution >= 4 is 23.9 Å². The van der Waals surface area contributed by atoms with Crippen LogP contribution in [0.3, 0.4) is 0 Å². The molecule has 0 heterocycles. The van der Waals surface area contributed by atoms with E-state index in [0.29, 0.717) is 0 Å². The quantitative estimate of drug-likeness (QED) is 0.692. The standard InChI is InChI=1S/C14H16N2O4/c1-9(14(19)20)15-13(18)12(16-10(2)17)8-11-6-4-3-5-7-11/h3-9H,1-2H3,(H,15,18)(H,16,17)(H,19,20)/b12-8+/t9-/m1/s1. The van der Waals surface area contributed by atoms with Crippen LogP contribution in [-0.2, 0) is 14.4 Å². The van der Waals surface area contributed by atoms with E-state index in [2.05, 4.69) is 10.6 Å². The highest BCUT2D eigenvalue weighted by Crippen LogP contribution is 2.05. The van der Waals surface area contributed by atoms with Crippen molar-refractivity contribution < 1.29 is 19.5 Å². The maximum atomic E-state index is 11.9. The van der Waals surface area contributed by atoms with Gasteiger partial charge in [-0.3, -0.25) is 14.4 Å². The Bertz CT molecular complexity index is 537. The third kappa shape index (κ3) is 4.93. The molecular weight excluding hydrogens is 260 g/mol. The maximum absolute atomic E-state index is 11.9. The minimum Gasteiger partial charge on any atom is -0.480 e. The van der Waals surface area contributed by atoms with Gasteiger partial charge in [0, 0.05) is 6.92 Å². The van der Waals surface area contributed by atoms with Gasteiger partial charge in [0.2, 0.25) is 5.91 Å². The third-order valence-electron chi connectivity index (χ3n) is 2.38. The minimum atomic E-state index is -1.15. The summed E-state index contributed by atoms with van der Waals surface area (Å²) in [5, 5.41) is 13.4. The van der Waals surface area contributed by atoms with Gasteiger partial charge in [-0.15, -0.1) is 0 Å². The monoisotopic (exact) mass is 276 g/mol. The molecule has 3 N–H and O–H groups in total. The molecule has 0 aliphatic rings. The van der Waals surface area contributed by atoms with Gasteiger partial charge in [0.1, 0.15) is 11.7 Å². The minimum absolute atomic E-state index is 0.00296. The highest BCUT2D eigenvalue weighted by molar-refractivity contribution is 6.02. The number of carboxylic acids is 1. The van der Waals surface area contributed by atoms with Crippen molar-refractivity contribution in [1.82, 2.24) is 10.6 Å². The Morgan fingerprint density at radius 3 is 2.30 bits per heavy atom. The normalized spacial score (nSPS) is 12.4. The second kappa shape index (κ2) is 7.08. The van der Waals surface area contributed by atoms with Gasteiger partial charge in [-0.05, 0) is 18.6 Å². The average molecular weight is 276 g/mol. The van der Waals surface area contributed by atoms with Crippen molar-refractivity contribution in [1.29, 1.82) is 0 Å². The first-order chi connectivity index (χ1) is 9.40. The van der Waals surface area contributed by atoms with Gasteiger partial charge in [0.25, 0.3) is 5.91 Å². The van der Waals surface area contributed by atoms with Crippen molar-refractivity contribution in [2.75, 3.05) is 0 Å². The number of rotatable bonds is 5. The average Bonchev–Trinajstić information content (AvgIpc) is 2.38. The molecule has 0 saturated carbocycles. The summed E-state index contributed by atoms with van der Waals surface area (Å²) in [4.78, 5) is 33.8. The van der Waals surface area contributed by atoms with Gasteiger partial charge in [0.15, 0.2) is 0 Å². The summed E-state index contributed by atoms with van der Waals surface area (Å²) in [5.74, 6) is -2.22. The summed E-state index contributed by atoms with van der Waals surface area (Å²) in [7, 11) is 0. The number of benzene rings is 1. The van der Waals surface area contributed by atoms with E-state index in [1.54, 1.807) is 24.3 Å². The summed E-state index contributed by atoms with van der Waals surface area (Å²) >= 11 is 0. The molecule has 2 amide bonds. The molecule has 0 bridgehead atoms. The van der Waals surface area contributed by atoms with Gasteiger partial charge in [-0.1, -0.05) is 30.3 Å². The summed E-state index contributed by atoms with van der Waals surface area (Å²) in [6.07, 6.45) is 1.48. The molecule has 0 saturated heterocycles. The van der Waals surface area contributed by atoms with Crippen LogP contribution >= 0.6 is 0 Å². The molecule has 1 aromatic carbocycles. The second-order valence-corrected chi connectivity index (χ2v) is 4.18. The first-order valence-electron chi connectivity index (χ1n) is 5.98. The predicted octanol–water partition coefficient (Wildman–Crippen LogP) is 0.753. The lowest BCUT2D eigenvalue weighted by Gasteiger charge is -2.12. The zero-order valence-electron chi connectivity index (χ0n) is 11.2. The van der Waals surface area contributed by atoms with Crippen molar-refractivity contribution in [2.24, 2.45) is 0 Å². The highest BCUT2D eigenvalue weighted by atomic mass is 16.4. The van der Waals surface area contributed by atoms with Crippen LogP contribution in [0.4, 0.5) is 0 Å². The van der Waals surface area contributed by atoms with E-state index < -0.39 is 23.8 Å². The summed E-state index contributed by atoms with van der Waals surface area (Å²) in [5.41, 5.74) is 0.714. The highest BCUT2D eigenvalue weighted by Gasteiger charge is 2.17. The third-order valence-corrected chi connectivity index (χ3v) is 2.38. The molecule has 1 aromatic rings. The second-order valence-electron chi connectivity index (χ2n) is 4.18. The molecule has 0 spiro atoms. The first kappa shape index (κ1) is 15.4. The molecule has 0 aliphatic carbocycles. The Kier molecular flexibility index (Phi) is 5.46. The number of aliphatic carboxylic acids is 1. The Balaban J connectivity index is 2.95. The van der Waals surface area contributed by atoms with Gasteiger partial charge in [-0.2, -0.15) is 0 Å². The molecule has 0 radical (unpaired) electrons. The number of carbonyl (C=O) groups excluding carboxylic acids is 2. The van der Waals surface area contributed by atoms with Crippen LogP contribution in [0.1, 0.15) is 19.4 Å². The van der Waals surface area contributed by atoms with E-state index >= 15 is 0 Å². The molecule has 0 aromatic heterocycles. The van der Waals surface area contributed by atoms with Crippen LogP contribution in [0.25, 0.3) is 6.08 Å². The molecule has 1 atom stereocenters. The predicted molar refractivity (Wildman–Crippen MR) is 73.5 cm³/mol. The Labute approximate surface area is 116 Å².